The van der Waals surface area contributed by atoms with Gasteiger partial charge in [-0.2, -0.15) is 0 Å². The van der Waals surface area contributed by atoms with Crippen molar-refractivity contribution in [3.8, 4) is 0 Å². The number of nitrogens with two attached hydrogens (primary N) is 1. The maximum absolute atomic E-state index is 11.3. The average molecular weight is 223 g/mol. The van der Waals surface area contributed by atoms with E-state index in [1.165, 1.54) is 26.4 Å². The molecule has 0 radical (unpaired) electrons. The van der Waals surface area contributed by atoms with E-state index < -0.39 is 6.04 Å². The van der Waals surface area contributed by atoms with Crippen LogP contribution in [0.1, 0.15) is 32.1 Å². The molecule has 1 saturated carbocycles. The summed E-state index contributed by atoms with van der Waals surface area (Å²) in [6.45, 7) is 0. The Balaban J connectivity index is 0.00000169. The Morgan fingerprint density at radius 2 is 2.00 bits per heavy atom. The van der Waals surface area contributed by atoms with E-state index in [2.05, 4.69) is 10.3 Å². The second-order valence-electron chi connectivity index (χ2n) is 3.59. The molecule has 1 aliphatic rings. The van der Waals surface area contributed by atoms with Crippen LogP contribution < -0.4 is 11.2 Å². The largest absolute Gasteiger partial charge is 0.320 e. The van der Waals surface area contributed by atoms with Crippen LogP contribution in [0.2, 0.25) is 0 Å². The Hall–Kier alpha value is -0.320. The van der Waals surface area contributed by atoms with Crippen molar-refractivity contribution >= 4 is 18.3 Å². The number of rotatable bonds is 3. The third-order valence-corrected chi connectivity index (χ3v) is 2.66. The van der Waals surface area contributed by atoms with E-state index in [4.69, 9.17) is 5.73 Å². The number of carbonyl (C=O) groups is 1. The molecular formula is C9H19ClN2O2. The molecule has 0 aromatic rings. The van der Waals surface area contributed by atoms with Crippen LogP contribution >= 0.6 is 12.4 Å². The predicted molar refractivity (Wildman–Crippen MR) is 57.0 cm³/mol. The molecule has 3 N–H and O–H groups in total. The number of nitrogens with one attached hydrogen (secondary N) is 1. The molecule has 0 heterocycles. The lowest BCUT2D eigenvalue weighted by Crippen LogP contribution is -2.45. The van der Waals surface area contributed by atoms with Crippen molar-refractivity contribution in [2.45, 2.75) is 38.1 Å². The molecule has 0 bridgehead atoms. The lowest BCUT2D eigenvalue weighted by atomic mass is 9.84. The first-order valence-electron chi connectivity index (χ1n) is 4.84. The number of hydrogen-bond donors (Lipinski definition) is 2. The Morgan fingerprint density at radius 1 is 1.43 bits per heavy atom. The lowest BCUT2D eigenvalue weighted by molar-refractivity contribution is -0.134. The van der Waals surface area contributed by atoms with E-state index in [9.17, 15) is 4.79 Å². The number of halogens is 1. The average Bonchev–Trinajstić information content (AvgIpc) is 2.18. The van der Waals surface area contributed by atoms with Gasteiger partial charge in [0.05, 0.1) is 13.2 Å². The molecule has 1 aliphatic carbocycles. The van der Waals surface area contributed by atoms with Crippen molar-refractivity contribution in [2.24, 2.45) is 11.7 Å². The molecule has 0 saturated heterocycles. The molecule has 4 nitrogen and oxygen atoms in total. The van der Waals surface area contributed by atoms with E-state index in [-0.39, 0.29) is 18.3 Å². The third kappa shape index (κ3) is 3.82. The quantitative estimate of drug-likeness (QED) is 0.701. The highest BCUT2D eigenvalue weighted by atomic mass is 35.5. The molecule has 1 unspecified atom stereocenters. The van der Waals surface area contributed by atoms with Gasteiger partial charge in [0.1, 0.15) is 0 Å². The summed E-state index contributed by atoms with van der Waals surface area (Å²) in [6.07, 6.45) is 5.79. The van der Waals surface area contributed by atoms with Crippen LogP contribution in [-0.2, 0) is 9.63 Å². The standard InChI is InChI=1S/C9H18N2O2.ClH/c1-13-11-9(12)8(10)7-5-3-2-4-6-7;/h7-8H,2-6,10H2,1H3,(H,11,12);1H. The van der Waals surface area contributed by atoms with Crippen LogP contribution in [0.15, 0.2) is 0 Å². The fourth-order valence-corrected chi connectivity index (χ4v) is 1.88. The van der Waals surface area contributed by atoms with E-state index in [1.54, 1.807) is 0 Å². The molecule has 5 heteroatoms. The first-order valence-corrected chi connectivity index (χ1v) is 4.84. The summed E-state index contributed by atoms with van der Waals surface area (Å²) in [5.41, 5.74) is 8.06. The molecule has 84 valence electrons. The first kappa shape index (κ1) is 13.7. The van der Waals surface area contributed by atoms with Crippen molar-refractivity contribution in [1.82, 2.24) is 5.48 Å². The maximum Gasteiger partial charge on any atom is 0.260 e. The van der Waals surface area contributed by atoms with E-state index >= 15 is 0 Å². The molecule has 0 aromatic heterocycles. The van der Waals surface area contributed by atoms with E-state index in [0.29, 0.717) is 5.92 Å². The summed E-state index contributed by atoms with van der Waals surface area (Å²) in [5.74, 6) is 0.137. The molecule has 1 atom stereocenters. The molecular weight excluding hydrogens is 204 g/mol. The van der Waals surface area contributed by atoms with Gasteiger partial charge in [0.2, 0.25) is 0 Å². The van der Waals surface area contributed by atoms with Crippen LogP contribution in [0.3, 0.4) is 0 Å². The monoisotopic (exact) mass is 222 g/mol. The van der Waals surface area contributed by atoms with Gasteiger partial charge in [-0.3, -0.25) is 9.63 Å². The zero-order valence-electron chi connectivity index (χ0n) is 8.49. The topological polar surface area (TPSA) is 64.3 Å². The number of hydroxylamine groups is 1. The van der Waals surface area contributed by atoms with Gasteiger partial charge in [-0.15, -0.1) is 12.4 Å². The summed E-state index contributed by atoms with van der Waals surface area (Å²) >= 11 is 0. The van der Waals surface area contributed by atoms with Crippen molar-refractivity contribution in [3.63, 3.8) is 0 Å². The Bertz CT molecular complexity index is 172. The second kappa shape index (κ2) is 7.04. The Labute approximate surface area is 90.9 Å². The molecule has 0 aliphatic heterocycles. The molecule has 1 rings (SSSR count). The minimum atomic E-state index is -0.403. The van der Waals surface area contributed by atoms with Gasteiger partial charge in [-0.05, 0) is 18.8 Å². The van der Waals surface area contributed by atoms with Gasteiger partial charge in [-0.25, -0.2) is 5.48 Å². The zero-order chi connectivity index (χ0) is 9.68. The molecule has 14 heavy (non-hydrogen) atoms. The SMILES string of the molecule is CONC(=O)C(N)C1CCCCC1.Cl. The van der Waals surface area contributed by atoms with Crippen LogP contribution in [0, 0.1) is 5.92 Å². The lowest BCUT2D eigenvalue weighted by Gasteiger charge is -2.26. The zero-order valence-corrected chi connectivity index (χ0v) is 9.31. The normalized spacial score (nSPS) is 19.6. The van der Waals surface area contributed by atoms with Gasteiger partial charge in [0.25, 0.3) is 5.91 Å². The highest BCUT2D eigenvalue weighted by molar-refractivity contribution is 5.85. The van der Waals surface area contributed by atoms with Gasteiger partial charge < -0.3 is 5.73 Å². The highest BCUT2D eigenvalue weighted by Crippen LogP contribution is 2.25. The molecule has 0 aromatic carbocycles. The first-order chi connectivity index (χ1) is 6.25. The van der Waals surface area contributed by atoms with Crippen LogP contribution in [0.4, 0.5) is 0 Å². The molecule has 1 fully saturated rings. The maximum atomic E-state index is 11.3. The molecule has 0 spiro atoms. The summed E-state index contributed by atoms with van der Waals surface area (Å²) in [6, 6.07) is -0.403. The van der Waals surface area contributed by atoms with Crippen LogP contribution in [0.5, 0.6) is 0 Å². The Kier molecular flexibility index (Phi) is 6.87. The number of carbonyl (C=O) groups excluding carboxylic acids is 1. The van der Waals surface area contributed by atoms with Crippen LogP contribution in [0.25, 0.3) is 0 Å². The second-order valence-corrected chi connectivity index (χ2v) is 3.59. The van der Waals surface area contributed by atoms with Crippen molar-refractivity contribution in [1.29, 1.82) is 0 Å². The van der Waals surface area contributed by atoms with Gasteiger partial charge in [0, 0.05) is 0 Å². The van der Waals surface area contributed by atoms with Crippen LogP contribution in [-0.4, -0.2) is 19.1 Å². The van der Waals surface area contributed by atoms with E-state index in [1.807, 2.05) is 0 Å². The third-order valence-electron chi connectivity index (χ3n) is 2.66. The summed E-state index contributed by atoms with van der Waals surface area (Å²) in [5, 5.41) is 0. The van der Waals surface area contributed by atoms with Gasteiger partial charge in [-0.1, -0.05) is 19.3 Å². The number of amides is 1. The van der Waals surface area contributed by atoms with Crippen molar-refractivity contribution < 1.29 is 9.63 Å². The fraction of sp³-hybridized carbons (Fsp3) is 0.889. The molecule has 1 amide bonds. The summed E-state index contributed by atoms with van der Waals surface area (Å²) < 4.78 is 0. The number of hydrogen-bond acceptors (Lipinski definition) is 3. The smallest absolute Gasteiger partial charge is 0.260 e. The minimum Gasteiger partial charge on any atom is -0.320 e. The summed E-state index contributed by atoms with van der Waals surface area (Å²) in [4.78, 5) is 15.8. The van der Waals surface area contributed by atoms with E-state index in [0.717, 1.165) is 12.8 Å². The Morgan fingerprint density at radius 3 is 2.50 bits per heavy atom. The van der Waals surface area contributed by atoms with Crippen molar-refractivity contribution in [2.75, 3.05) is 7.11 Å². The van der Waals surface area contributed by atoms with Gasteiger partial charge in [0.15, 0.2) is 0 Å². The highest BCUT2D eigenvalue weighted by Gasteiger charge is 2.25. The van der Waals surface area contributed by atoms with Gasteiger partial charge >= 0.3 is 0 Å². The van der Waals surface area contributed by atoms with Crippen molar-refractivity contribution in [3.05, 3.63) is 0 Å². The minimum absolute atomic E-state index is 0. The predicted octanol–water partition coefficient (Wildman–Crippen LogP) is 0.993. The fourth-order valence-electron chi connectivity index (χ4n) is 1.88. The summed E-state index contributed by atoms with van der Waals surface area (Å²) in [7, 11) is 1.42.